The van der Waals surface area contributed by atoms with Crippen molar-refractivity contribution in [2.24, 2.45) is 0 Å². The van der Waals surface area contributed by atoms with E-state index in [0.29, 0.717) is 0 Å². The molecule has 0 bridgehead atoms. The fraction of sp³-hybridized carbons (Fsp3) is 1.00. The van der Waals surface area contributed by atoms with Gasteiger partial charge in [0, 0.05) is 38.5 Å². The van der Waals surface area contributed by atoms with Crippen molar-refractivity contribution in [1.82, 2.24) is 9.96 Å². The van der Waals surface area contributed by atoms with Crippen molar-refractivity contribution in [3.8, 4) is 0 Å². The van der Waals surface area contributed by atoms with Crippen LogP contribution in [0.5, 0.6) is 0 Å². The Labute approximate surface area is 84.0 Å². The molecular formula is C8H18N2O2S. The molecule has 0 aromatic rings. The van der Waals surface area contributed by atoms with Crippen LogP contribution in [0.25, 0.3) is 0 Å². The fourth-order valence-electron chi connectivity index (χ4n) is 1.43. The SMILES string of the molecule is CCON1CCN(CCSO)CC1. The summed E-state index contributed by atoms with van der Waals surface area (Å²) < 4.78 is 8.59. The van der Waals surface area contributed by atoms with Crippen LogP contribution in [-0.2, 0) is 4.84 Å². The lowest BCUT2D eigenvalue weighted by atomic mass is 10.3. The summed E-state index contributed by atoms with van der Waals surface area (Å²) in [6, 6.07) is 0. The summed E-state index contributed by atoms with van der Waals surface area (Å²) in [5, 5.41) is 2.02. The molecule has 0 atom stereocenters. The smallest absolute Gasteiger partial charge is 0.0656 e. The second-order valence-electron chi connectivity index (χ2n) is 3.02. The van der Waals surface area contributed by atoms with Crippen molar-refractivity contribution >= 4 is 12.0 Å². The Morgan fingerprint density at radius 1 is 1.31 bits per heavy atom. The molecule has 1 fully saturated rings. The summed E-state index contributed by atoms with van der Waals surface area (Å²) in [7, 11) is 0. The number of piperazine rings is 1. The Kier molecular flexibility index (Phi) is 5.73. The Bertz CT molecular complexity index is 129. The van der Waals surface area contributed by atoms with Gasteiger partial charge in [-0.15, -0.1) is 0 Å². The second-order valence-corrected chi connectivity index (χ2v) is 3.69. The molecule has 0 radical (unpaired) electrons. The van der Waals surface area contributed by atoms with E-state index in [1.807, 2.05) is 12.0 Å². The highest BCUT2D eigenvalue weighted by Gasteiger charge is 2.15. The van der Waals surface area contributed by atoms with Crippen LogP contribution >= 0.6 is 12.0 Å². The van der Waals surface area contributed by atoms with Gasteiger partial charge in [-0.1, -0.05) is 0 Å². The number of nitrogens with zero attached hydrogens (tertiary/aromatic N) is 2. The van der Waals surface area contributed by atoms with E-state index in [0.717, 1.165) is 57.1 Å². The molecule has 13 heavy (non-hydrogen) atoms. The van der Waals surface area contributed by atoms with Crippen LogP contribution in [0, 0.1) is 0 Å². The lowest BCUT2D eigenvalue weighted by molar-refractivity contribution is -0.172. The summed E-state index contributed by atoms with van der Waals surface area (Å²) >= 11 is 0.920. The summed E-state index contributed by atoms with van der Waals surface area (Å²) in [5.41, 5.74) is 0. The molecule has 0 aromatic heterocycles. The Morgan fingerprint density at radius 3 is 2.54 bits per heavy atom. The maximum atomic E-state index is 8.59. The zero-order chi connectivity index (χ0) is 9.52. The van der Waals surface area contributed by atoms with E-state index in [4.69, 9.17) is 9.39 Å². The minimum Gasteiger partial charge on any atom is -0.330 e. The Balaban J connectivity index is 2.08. The molecule has 0 spiro atoms. The monoisotopic (exact) mass is 206 g/mol. The maximum Gasteiger partial charge on any atom is 0.0656 e. The van der Waals surface area contributed by atoms with E-state index in [-0.39, 0.29) is 0 Å². The Morgan fingerprint density at radius 2 is 2.00 bits per heavy atom. The van der Waals surface area contributed by atoms with Crippen molar-refractivity contribution in [2.75, 3.05) is 45.1 Å². The van der Waals surface area contributed by atoms with Crippen molar-refractivity contribution in [1.29, 1.82) is 0 Å². The zero-order valence-corrected chi connectivity index (χ0v) is 8.92. The van der Waals surface area contributed by atoms with Crippen molar-refractivity contribution in [3.05, 3.63) is 0 Å². The molecule has 0 saturated carbocycles. The zero-order valence-electron chi connectivity index (χ0n) is 8.11. The molecule has 0 unspecified atom stereocenters. The first-order chi connectivity index (χ1) is 6.36. The van der Waals surface area contributed by atoms with E-state index in [9.17, 15) is 0 Å². The van der Waals surface area contributed by atoms with Gasteiger partial charge in [0.05, 0.1) is 6.61 Å². The third-order valence-corrected chi connectivity index (χ3v) is 2.51. The first-order valence-corrected chi connectivity index (χ1v) is 5.67. The van der Waals surface area contributed by atoms with Crippen molar-refractivity contribution in [2.45, 2.75) is 6.92 Å². The number of hydroxylamine groups is 2. The normalized spacial score (nSPS) is 20.8. The predicted molar refractivity (Wildman–Crippen MR) is 54.7 cm³/mol. The minimum absolute atomic E-state index is 0.756. The average Bonchev–Trinajstić information content (AvgIpc) is 2.17. The van der Waals surface area contributed by atoms with E-state index in [1.165, 1.54) is 0 Å². The summed E-state index contributed by atoms with van der Waals surface area (Å²) in [5.74, 6) is 0.800. The van der Waals surface area contributed by atoms with E-state index >= 15 is 0 Å². The van der Waals surface area contributed by atoms with Gasteiger partial charge in [-0.2, -0.15) is 5.06 Å². The molecule has 1 saturated heterocycles. The fourth-order valence-corrected chi connectivity index (χ4v) is 1.77. The van der Waals surface area contributed by atoms with E-state index < -0.39 is 0 Å². The standard InChI is InChI=1S/C8H18N2O2S/c1-2-12-10-5-3-9(4-6-10)7-8-13-11/h11H,2-8H2,1H3. The van der Waals surface area contributed by atoms with Crippen LogP contribution in [0.15, 0.2) is 0 Å². The van der Waals surface area contributed by atoms with Gasteiger partial charge < -0.3 is 4.55 Å². The van der Waals surface area contributed by atoms with Gasteiger partial charge in [-0.3, -0.25) is 9.74 Å². The number of rotatable bonds is 5. The van der Waals surface area contributed by atoms with Crippen LogP contribution in [0.4, 0.5) is 0 Å². The molecule has 78 valence electrons. The van der Waals surface area contributed by atoms with Crippen LogP contribution in [0.2, 0.25) is 0 Å². The summed E-state index contributed by atoms with van der Waals surface area (Å²) in [6.45, 7) is 7.78. The molecule has 1 rings (SSSR count). The molecule has 1 aliphatic heterocycles. The number of hydrogen-bond donors (Lipinski definition) is 1. The van der Waals surface area contributed by atoms with Gasteiger partial charge in [-0.25, -0.2) is 0 Å². The first kappa shape index (κ1) is 11.3. The highest BCUT2D eigenvalue weighted by atomic mass is 32.2. The van der Waals surface area contributed by atoms with Crippen molar-refractivity contribution < 1.29 is 9.39 Å². The van der Waals surface area contributed by atoms with Crippen LogP contribution in [0.1, 0.15) is 6.92 Å². The van der Waals surface area contributed by atoms with Gasteiger partial charge in [-0.05, 0) is 19.0 Å². The second kappa shape index (κ2) is 6.62. The topological polar surface area (TPSA) is 35.9 Å². The van der Waals surface area contributed by atoms with Gasteiger partial charge in [0.25, 0.3) is 0 Å². The van der Waals surface area contributed by atoms with E-state index in [1.54, 1.807) is 0 Å². The molecule has 5 heteroatoms. The lowest BCUT2D eigenvalue weighted by Gasteiger charge is -2.33. The quantitative estimate of drug-likeness (QED) is 0.672. The van der Waals surface area contributed by atoms with Gasteiger partial charge in [0.1, 0.15) is 0 Å². The van der Waals surface area contributed by atoms with Gasteiger partial charge >= 0.3 is 0 Å². The van der Waals surface area contributed by atoms with Crippen LogP contribution < -0.4 is 0 Å². The average molecular weight is 206 g/mol. The third kappa shape index (κ3) is 4.28. The minimum atomic E-state index is 0.756. The molecule has 1 N–H and O–H groups in total. The largest absolute Gasteiger partial charge is 0.330 e. The van der Waals surface area contributed by atoms with Crippen LogP contribution in [0.3, 0.4) is 0 Å². The number of hydrogen-bond acceptors (Lipinski definition) is 5. The van der Waals surface area contributed by atoms with Gasteiger partial charge in [0.2, 0.25) is 0 Å². The van der Waals surface area contributed by atoms with Crippen LogP contribution in [-0.4, -0.2) is 59.6 Å². The maximum absolute atomic E-state index is 8.59. The highest BCUT2D eigenvalue weighted by molar-refractivity contribution is 7.93. The highest BCUT2D eigenvalue weighted by Crippen LogP contribution is 2.03. The van der Waals surface area contributed by atoms with Crippen molar-refractivity contribution in [3.63, 3.8) is 0 Å². The predicted octanol–water partition coefficient (Wildman–Crippen LogP) is 0.762. The lowest BCUT2D eigenvalue weighted by Crippen LogP contribution is -2.46. The third-order valence-electron chi connectivity index (χ3n) is 2.14. The summed E-state index contributed by atoms with van der Waals surface area (Å²) in [4.78, 5) is 7.73. The Hall–Kier alpha value is 0.190. The van der Waals surface area contributed by atoms with E-state index in [2.05, 4.69) is 4.90 Å². The molecule has 1 heterocycles. The molecule has 4 nitrogen and oxygen atoms in total. The first-order valence-electron chi connectivity index (χ1n) is 4.73. The summed E-state index contributed by atoms with van der Waals surface area (Å²) in [6.07, 6.45) is 0. The molecule has 0 aliphatic carbocycles. The molecule has 0 aromatic carbocycles. The van der Waals surface area contributed by atoms with Gasteiger partial charge in [0.15, 0.2) is 0 Å². The molecule has 1 aliphatic rings. The molecule has 0 amide bonds. The molecular weight excluding hydrogens is 188 g/mol.